The van der Waals surface area contributed by atoms with Crippen LogP contribution in [0.1, 0.15) is 59.6 Å². The molecule has 0 saturated carbocycles. The zero-order valence-corrected chi connectivity index (χ0v) is 33.7. The van der Waals surface area contributed by atoms with Crippen molar-refractivity contribution in [2.24, 2.45) is 31.4 Å². The molecule has 0 bridgehead atoms. The molecule has 6 rings (SSSR count). The minimum absolute atomic E-state index is 0.00915. The van der Waals surface area contributed by atoms with Crippen LogP contribution in [0.4, 0.5) is 11.4 Å². The quantitative estimate of drug-likeness (QED) is 0.0971. The van der Waals surface area contributed by atoms with Gasteiger partial charge in [-0.05, 0) is 61.4 Å². The average Bonchev–Trinajstić information content (AvgIpc) is 3.23. The van der Waals surface area contributed by atoms with E-state index in [1.807, 2.05) is 62.4 Å². The van der Waals surface area contributed by atoms with Gasteiger partial charge in [0.1, 0.15) is 11.5 Å². The minimum atomic E-state index is -0.627. The minimum Gasteiger partial charge on any atom is -0.493 e. The number of anilines is 2. The number of benzene rings is 4. The van der Waals surface area contributed by atoms with Gasteiger partial charge in [0.15, 0.2) is 34.6 Å². The van der Waals surface area contributed by atoms with E-state index in [1.165, 1.54) is 0 Å². The summed E-state index contributed by atoms with van der Waals surface area (Å²) in [6, 6.07) is 29.3. The summed E-state index contributed by atoms with van der Waals surface area (Å²) < 4.78 is 11.4. The lowest BCUT2D eigenvalue weighted by atomic mass is 9.96. The lowest BCUT2D eigenvalue weighted by Crippen LogP contribution is -2.39. The van der Waals surface area contributed by atoms with Crippen molar-refractivity contribution in [3.8, 4) is 23.6 Å². The summed E-state index contributed by atoms with van der Waals surface area (Å²) in [5.41, 5.74) is 16.4. The van der Waals surface area contributed by atoms with Crippen LogP contribution in [-0.2, 0) is 16.0 Å². The number of nitrogens with one attached hydrogen (secondary N) is 4. The molecule has 4 aromatic rings. The molecule has 2 aliphatic rings. The molecule has 300 valence electrons. The molecule has 2 heterocycles. The molecule has 0 aliphatic carbocycles. The number of aliphatic imine (C=N–C) groups is 4. The van der Waals surface area contributed by atoms with Crippen LogP contribution in [-0.4, -0.2) is 58.8 Å². The maximum absolute atomic E-state index is 13.0. The van der Waals surface area contributed by atoms with Gasteiger partial charge in [-0.1, -0.05) is 72.1 Å². The maximum atomic E-state index is 13.0. The molecular weight excluding hydrogens is 789 g/mol. The van der Waals surface area contributed by atoms with E-state index < -0.39 is 12.3 Å². The highest BCUT2D eigenvalue weighted by atomic mass is 32.2. The third-order valence-corrected chi connectivity index (χ3v) is 10.3. The molecule has 4 aromatic carbocycles. The Bertz CT molecular complexity index is 2270. The summed E-state index contributed by atoms with van der Waals surface area (Å²) in [7, 11) is 0. The van der Waals surface area contributed by atoms with Crippen molar-refractivity contribution < 1.29 is 19.1 Å². The van der Waals surface area contributed by atoms with Gasteiger partial charge in [0, 0.05) is 28.9 Å². The van der Waals surface area contributed by atoms with E-state index in [-0.39, 0.29) is 41.7 Å². The van der Waals surface area contributed by atoms with Crippen LogP contribution >= 0.6 is 23.5 Å². The Morgan fingerprint density at radius 2 is 1.10 bits per heavy atom. The topological polar surface area (TPSA) is 250 Å². The zero-order chi connectivity index (χ0) is 41.7. The molecule has 59 heavy (non-hydrogen) atoms. The van der Waals surface area contributed by atoms with Gasteiger partial charge in [0.25, 0.3) is 0 Å². The molecule has 0 aromatic heterocycles. The number of hydrogen-bond donors (Lipinski definition) is 6. The number of para-hydroxylation sites is 2. The first kappa shape index (κ1) is 41.6. The van der Waals surface area contributed by atoms with Crippen molar-refractivity contribution in [1.82, 2.24) is 10.6 Å². The molecule has 2 amide bonds. The van der Waals surface area contributed by atoms with Crippen LogP contribution in [0, 0.1) is 22.7 Å². The molecular formula is C41H40N12O4S2. The SMILES string of the molecule is CCOc1ccccc1C1N=C(N)NC(SCC(=O)Nc2ccc(Cc3ccc(NC(=O)CSC4=NC(c5ccccc5OCC)N=C(N)N4)cc3C#N)c(C#N)c2)=N1. The normalized spacial score (nSPS) is 15.7. The Labute approximate surface area is 349 Å². The number of guanidine groups is 2. The van der Waals surface area contributed by atoms with Crippen molar-refractivity contribution in [2.75, 3.05) is 35.4 Å². The van der Waals surface area contributed by atoms with E-state index in [1.54, 1.807) is 36.4 Å². The van der Waals surface area contributed by atoms with Crippen LogP contribution in [0.5, 0.6) is 11.5 Å². The second kappa shape index (κ2) is 19.9. The first-order valence-electron chi connectivity index (χ1n) is 18.4. The van der Waals surface area contributed by atoms with Gasteiger partial charge in [-0.3, -0.25) is 9.59 Å². The van der Waals surface area contributed by atoms with E-state index in [0.717, 1.165) is 34.7 Å². The van der Waals surface area contributed by atoms with Gasteiger partial charge < -0.3 is 42.2 Å². The zero-order valence-electron chi connectivity index (χ0n) is 32.1. The van der Waals surface area contributed by atoms with Crippen LogP contribution in [0.25, 0.3) is 0 Å². The Morgan fingerprint density at radius 3 is 1.51 bits per heavy atom. The van der Waals surface area contributed by atoms with E-state index in [0.29, 0.717) is 68.7 Å². The average molecular weight is 829 g/mol. The lowest BCUT2D eigenvalue weighted by molar-refractivity contribution is -0.114. The number of carbonyl (C=O) groups excluding carboxylic acids is 2. The number of ether oxygens (including phenoxy) is 2. The summed E-state index contributed by atoms with van der Waals surface area (Å²) in [5.74, 6) is 1.02. The summed E-state index contributed by atoms with van der Waals surface area (Å²) in [5, 5.41) is 32.3. The van der Waals surface area contributed by atoms with E-state index in [2.05, 4.69) is 53.4 Å². The summed E-state index contributed by atoms with van der Waals surface area (Å²) in [4.78, 5) is 43.9. The van der Waals surface area contributed by atoms with Crippen LogP contribution in [0.2, 0.25) is 0 Å². The number of nitrogens with two attached hydrogens (primary N) is 2. The number of rotatable bonds is 14. The largest absolute Gasteiger partial charge is 0.493 e. The van der Waals surface area contributed by atoms with E-state index in [4.69, 9.17) is 20.9 Å². The van der Waals surface area contributed by atoms with Gasteiger partial charge in [-0.25, -0.2) is 20.0 Å². The van der Waals surface area contributed by atoms with Crippen molar-refractivity contribution in [1.29, 1.82) is 10.5 Å². The molecule has 0 spiro atoms. The monoisotopic (exact) mass is 828 g/mol. The van der Waals surface area contributed by atoms with Gasteiger partial charge in [-0.15, -0.1) is 0 Å². The summed E-state index contributed by atoms with van der Waals surface area (Å²) >= 11 is 2.32. The fraction of sp³-hybridized carbons (Fsp3) is 0.220. The van der Waals surface area contributed by atoms with Crippen molar-refractivity contribution in [3.63, 3.8) is 0 Å². The van der Waals surface area contributed by atoms with Gasteiger partial charge in [-0.2, -0.15) is 10.5 Å². The lowest BCUT2D eigenvalue weighted by Gasteiger charge is -2.20. The Kier molecular flexibility index (Phi) is 14.0. The highest BCUT2D eigenvalue weighted by molar-refractivity contribution is 8.14. The molecule has 0 saturated heterocycles. The highest BCUT2D eigenvalue weighted by Gasteiger charge is 2.23. The number of amidine groups is 2. The Balaban J connectivity index is 1.03. The molecule has 0 fully saturated rings. The molecule has 18 heteroatoms. The van der Waals surface area contributed by atoms with Crippen molar-refractivity contribution in [3.05, 3.63) is 118 Å². The number of thioether (sulfide) groups is 2. The predicted molar refractivity (Wildman–Crippen MR) is 232 cm³/mol. The predicted octanol–water partition coefficient (Wildman–Crippen LogP) is 5.11. The number of hydrogen-bond acceptors (Lipinski definition) is 16. The smallest absolute Gasteiger partial charge is 0.234 e. The fourth-order valence-corrected chi connectivity index (χ4v) is 7.35. The second-order valence-electron chi connectivity index (χ2n) is 12.7. The Morgan fingerprint density at radius 1 is 0.678 bits per heavy atom. The summed E-state index contributed by atoms with van der Waals surface area (Å²) in [6.45, 7) is 4.75. The highest BCUT2D eigenvalue weighted by Crippen LogP contribution is 2.32. The standard InChI is InChI=1S/C41H40N12O4S2/c1-3-56-32-11-7-5-9-30(32)36-48-38(44)52-40(50-36)58-22-34(54)46-28-15-13-24(26(18-28)20-42)17-25-14-16-29(19-27(25)21-43)47-35(55)23-59-41-51-37(49-39(45)53-41)31-10-6-8-12-33(31)57-4-2/h5-16,18-19,36-37H,3-4,17,22-23H2,1-2H3,(H,46,54)(H,47,55)(H3,44,48,50,52)(H3,45,49,51,53). The number of nitriles is 2. The second-order valence-corrected chi connectivity index (χ2v) is 14.6. The third kappa shape index (κ3) is 11.1. The molecule has 16 nitrogen and oxygen atoms in total. The van der Waals surface area contributed by atoms with E-state index in [9.17, 15) is 20.1 Å². The van der Waals surface area contributed by atoms with Crippen molar-refractivity contribution >= 4 is 69.0 Å². The molecule has 0 radical (unpaired) electrons. The fourth-order valence-electron chi connectivity index (χ4n) is 5.97. The molecule has 2 aliphatic heterocycles. The van der Waals surface area contributed by atoms with Crippen LogP contribution in [0.3, 0.4) is 0 Å². The third-order valence-electron chi connectivity index (χ3n) is 8.55. The number of carbonyl (C=O) groups is 2. The van der Waals surface area contributed by atoms with Gasteiger partial charge >= 0.3 is 0 Å². The number of nitrogens with zero attached hydrogens (tertiary/aromatic N) is 6. The molecule has 8 N–H and O–H groups in total. The van der Waals surface area contributed by atoms with Crippen LogP contribution < -0.4 is 42.2 Å². The van der Waals surface area contributed by atoms with Gasteiger partial charge in [0.2, 0.25) is 11.8 Å². The van der Waals surface area contributed by atoms with E-state index >= 15 is 0 Å². The first-order valence-corrected chi connectivity index (χ1v) is 20.3. The first-order chi connectivity index (χ1) is 28.7. The molecule has 2 atom stereocenters. The van der Waals surface area contributed by atoms with Gasteiger partial charge in [0.05, 0.1) is 48.0 Å². The van der Waals surface area contributed by atoms with Crippen LogP contribution in [0.15, 0.2) is 105 Å². The maximum Gasteiger partial charge on any atom is 0.234 e. The van der Waals surface area contributed by atoms with Crippen molar-refractivity contribution in [2.45, 2.75) is 32.6 Å². The summed E-state index contributed by atoms with van der Waals surface area (Å²) in [6.07, 6.45) is -0.987. The Hall–Kier alpha value is -7.02. The molecule has 2 unspecified atom stereocenters. The number of amides is 2.